The number of ketones is 1. The third-order valence-electron chi connectivity index (χ3n) is 3.93. The van der Waals surface area contributed by atoms with Gasteiger partial charge in [0.25, 0.3) is 11.7 Å². The molecule has 122 valence electrons. The maximum absolute atomic E-state index is 12.5. The largest absolute Gasteiger partial charge is 0.507 e. The molecule has 2 aromatic rings. The fraction of sp³-hybridized carbons (Fsp3) is 0.167. The number of carbonyl (C=O) groups excluding carboxylic acids is 2. The van der Waals surface area contributed by atoms with Crippen molar-refractivity contribution >= 4 is 17.4 Å². The van der Waals surface area contributed by atoms with Crippen molar-refractivity contribution in [2.45, 2.75) is 6.04 Å². The van der Waals surface area contributed by atoms with Crippen molar-refractivity contribution in [1.82, 2.24) is 9.88 Å². The smallest absolute Gasteiger partial charge is 0.295 e. The summed E-state index contributed by atoms with van der Waals surface area (Å²) >= 11 is 0. The molecule has 6 heteroatoms. The molecule has 0 radical (unpaired) electrons. The van der Waals surface area contributed by atoms with Gasteiger partial charge in [-0.25, -0.2) is 0 Å². The average Bonchev–Trinajstić information content (AvgIpc) is 2.88. The summed E-state index contributed by atoms with van der Waals surface area (Å²) in [5, 5.41) is 19.9. The average molecular weight is 324 g/mol. The molecule has 0 bridgehead atoms. The molecule has 1 amide bonds. The Morgan fingerprint density at radius 2 is 1.88 bits per heavy atom. The molecule has 1 aromatic carbocycles. The second-order valence-corrected chi connectivity index (χ2v) is 5.37. The third-order valence-corrected chi connectivity index (χ3v) is 3.93. The summed E-state index contributed by atoms with van der Waals surface area (Å²) in [4.78, 5) is 30.1. The first kappa shape index (κ1) is 15.9. The number of amides is 1. The summed E-state index contributed by atoms with van der Waals surface area (Å²) in [5.74, 6) is -1.74. The Morgan fingerprint density at radius 1 is 1.12 bits per heavy atom. The van der Waals surface area contributed by atoms with E-state index >= 15 is 0 Å². The minimum atomic E-state index is -0.772. The number of aliphatic hydroxyl groups excluding tert-OH is 2. The Hall–Kier alpha value is -2.99. The van der Waals surface area contributed by atoms with Crippen LogP contribution in [0.15, 0.2) is 60.4 Å². The summed E-state index contributed by atoms with van der Waals surface area (Å²) in [6.07, 6.45) is 3.12. The highest BCUT2D eigenvalue weighted by atomic mass is 16.3. The van der Waals surface area contributed by atoms with Gasteiger partial charge in [0.2, 0.25) is 0 Å². The number of hydrogen-bond acceptors (Lipinski definition) is 5. The van der Waals surface area contributed by atoms with E-state index in [9.17, 15) is 19.8 Å². The quantitative estimate of drug-likeness (QED) is 0.505. The molecule has 24 heavy (non-hydrogen) atoms. The molecule has 1 unspecified atom stereocenters. The molecular formula is C18H16N2O4. The molecule has 1 atom stereocenters. The molecule has 1 saturated heterocycles. The zero-order valence-electron chi connectivity index (χ0n) is 12.8. The number of carbonyl (C=O) groups is 2. The predicted octanol–water partition coefficient (Wildman–Crippen LogP) is 1.50. The molecule has 2 heterocycles. The summed E-state index contributed by atoms with van der Waals surface area (Å²) in [7, 11) is 0. The van der Waals surface area contributed by atoms with E-state index in [4.69, 9.17) is 0 Å². The topological polar surface area (TPSA) is 90.7 Å². The summed E-state index contributed by atoms with van der Waals surface area (Å²) < 4.78 is 0. The first-order valence-corrected chi connectivity index (χ1v) is 7.49. The first-order valence-electron chi connectivity index (χ1n) is 7.49. The van der Waals surface area contributed by atoms with Crippen LogP contribution in [-0.4, -0.2) is 44.9 Å². The highest BCUT2D eigenvalue weighted by Gasteiger charge is 2.45. The number of aliphatic hydroxyl groups is 2. The lowest BCUT2D eigenvalue weighted by Gasteiger charge is -2.24. The lowest BCUT2D eigenvalue weighted by Crippen LogP contribution is -2.32. The van der Waals surface area contributed by atoms with Gasteiger partial charge >= 0.3 is 0 Å². The number of pyridine rings is 1. The molecule has 1 fully saturated rings. The van der Waals surface area contributed by atoms with E-state index < -0.39 is 17.7 Å². The zero-order chi connectivity index (χ0) is 17.1. The molecule has 1 aromatic heterocycles. The number of nitrogens with zero attached hydrogens (tertiary/aromatic N) is 2. The Bertz CT molecular complexity index is 787. The Morgan fingerprint density at radius 3 is 2.50 bits per heavy atom. The number of likely N-dealkylation sites (tertiary alicyclic amines) is 1. The molecule has 1 aliphatic heterocycles. The van der Waals surface area contributed by atoms with E-state index in [1.165, 1.54) is 4.90 Å². The monoisotopic (exact) mass is 324 g/mol. The Balaban J connectivity index is 2.18. The molecule has 0 saturated carbocycles. The van der Waals surface area contributed by atoms with Crippen LogP contribution in [0.5, 0.6) is 0 Å². The molecule has 0 aliphatic carbocycles. The van der Waals surface area contributed by atoms with Crippen LogP contribution >= 0.6 is 0 Å². The molecular weight excluding hydrogens is 308 g/mol. The molecule has 0 spiro atoms. The van der Waals surface area contributed by atoms with Gasteiger partial charge in [-0.2, -0.15) is 0 Å². The van der Waals surface area contributed by atoms with E-state index in [0.29, 0.717) is 11.1 Å². The first-order chi connectivity index (χ1) is 11.6. The van der Waals surface area contributed by atoms with Crippen molar-refractivity contribution in [3.63, 3.8) is 0 Å². The van der Waals surface area contributed by atoms with E-state index in [2.05, 4.69) is 4.98 Å². The van der Waals surface area contributed by atoms with Crippen LogP contribution in [-0.2, 0) is 9.59 Å². The number of benzene rings is 1. The fourth-order valence-electron chi connectivity index (χ4n) is 2.85. The third kappa shape index (κ3) is 2.68. The van der Waals surface area contributed by atoms with Crippen LogP contribution in [0.25, 0.3) is 5.76 Å². The van der Waals surface area contributed by atoms with Crippen LogP contribution in [0.2, 0.25) is 0 Å². The van der Waals surface area contributed by atoms with Gasteiger partial charge < -0.3 is 15.1 Å². The van der Waals surface area contributed by atoms with Gasteiger partial charge in [-0.1, -0.05) is 36.4 Å². The van der Waals surface area contributed by atoms with Crippen molar-refractivity contribution in [3.8, 4) is 0 Å². The van der Waals surface area contributed by atoms with Crippen molar-refractivity contribution in [2.24, 2.45) is 0 Å². The second-order valence-electron chi connectivity index (χ2n) is 5.37. The SMILES string of the molecule is O=C1C(=O)N(CCO)C(c2cccnc2)/C1=C(\O)c1ccccc1. The van der Waals surface area contributed by atoms with Crippen molar-refractivity contribution in [2.75, 3.05) is 13.2 Å². The number of rotatable bonds is 4. The summed E-state index contributed by atoms with van der Waals surface area (Å²) in [6.45, 7) is -0.287. The van der Waals surface area contributed by atoms with Crippen molar-refractivity contribution < 1.29 is 19.8 Å². The van der Waals surface area contributed by atoms with Crippen LogP contribution in [0.3, 0.4) is 0 Å². The zero-order valence-corrected chi connectivity index (χ0v) is 12.8. The fourth-order valence-corrected chi connectivity index (χ4v) is 2.85. The van der Waals surface area contributed by atoms with Gasteiger partial charge in [-0.15, -0.1) is 0 Å². The maximum atomic E-state index is 12.5. The molecule has 2 N–H and O–H groups in total. The predicted molar refractivity (Wildman–Crippen MR) is 86.8 cm³/mol. The van der Waals surface area contributed by atoms with Gasteiger partial charge in [0.1, 0.15) is 5.76 Å². The van der Waals surface area contributed by atoms with Crippen LogP contribution in [0, 0.1) is 0 Å². The highest BCUT2D eigenvalue weighted by molar-refractivity contribution is 6.46. The van der Waals surface area contributed by atoms with Gasteiger partial charge in [-0.05, 0) is 11.6 Å². The van der Waals surface area contributed by atoms with Crippen LogP contribution in [0.1, 0.15) is 17.2 Å². The number of β-amino-alcohol motifs (C(OH)–C–C–N with tert-alkyl or cyclic N) is 1. The number of aromatic nitrogens is 1. The standard InChI is InChI=1S/C18H16N2O4/c21-10-9-20-15(13-7-4-8-19-11-13)14(17(23)18(20)24)16(22)12-5-2-1-3-6-12/h1-8,11,15,21-22H,9-10H2/b16-14+. The van der Waals surface area contributed by atoms with E-state index in [1.807, 2.05) is 0 Å². The minimum absolute atomic E-state index is 0.00426. The van der Waals surface area contributed by atoms with E-state index in [-0.39, 0.29) is 24.5 Å². The minimum Gasteiger partial charge on any atom is -0.507 e. The Kier molecular flexibility index (Phi) is 4.39. The number of Topliss-reactive ketones (excluding diaryl/α,β-unsaturated/α-hetero) is 1. The van der Waals surface area contributed by atoms with Gasteiger partial charge in [-0.3, -0.25) is 14.6 Å². The Labute approximate surface area is 138 Å². The molecule has 6 nitrogen and oxygen atoms in total. The van der Waals surface area contributed by atoms with Crippen molar-refractivity contribution in [1.29, 1.82) is 0 Å². The van der Waals surface area contributed by atoms with Gasteiger partial charge in [0.05, 0.1) is 18.2 Å². The summed E-state index contributed by atoms with van der Waals surface area (Å²) in [5.41, 5.74) is 1.06. The molecule has 3 rings (SSSR count). The van der Waals surface area contributed by atoms with Gasteiger partial charge in [0.15, 0.2) is 0 Å². The lowest BCUT2D eigenvalue weighted by molar-refractivity contribution is -0.140. The summed E-state index contributed by atoms with van der Waals surface area (Å²) in [6, 6.07) is 11.2. The van der Waals surface area contributed by atoms with E-state index in [0.717, 1.165) is 0 Å². The molecule has 1 aliphatic rings. The van der Waals surface area contributed by atoms with Crippen LogP contribution < -0.4 is 0 Å². The van der Waals surface area contributed by atoms with Crippen molar-refractivity contribution in [3.05, 3.63) is 71.6 Å². The normalized spacial score (nSPS) is 19.7. The maximum Gasteiger partial charge on any atom is 0.295 e. The lowest BCUT2D eigenvalue weighted by atomic mass is 9.96. The second kappa shape index (κ2) is 6.64. The van der Waals surface area contributed by atoms with E-state index in [1.54, 1.807) is 54.9 Å². The number of hydrogen-bond donors (Lipinski definition) is 2. The van der Waals surface area contributed by atoms with Gasteiger partial charge in [0, 0.05) is 24.5 Å². The van der Waals surface area contributed by atoms with Crippen LogP contribution in [0.4, 0.5) is 0 Å². The highest BCUT2D eigenvalue weighted by Crippen LogP contribution is 2.38.